The van der Waals surface area contributed by atoms with E-state index in [4.69, 9.17) is 4.74 Å². The first-order valence-electron chi connectivity index (χ1n) is 9.88. The fourth-order valence-corrected chi connectivity index (χ4v) is 4.43. The van der Waals surface area contributed by atoms with E-state index in [1.807, 2.05) is 50.2 Å². The molecule has 2 aromatic rings. The van der Waals surface area contributed by atoms with Crippen molar-refractivity contribution in [1.29, 1.82) is 0 Å². The Kier molecular flexibility index (Phi) is 7.04. The van der Waals surface area contributed by atoms with E-state index in [0.717, 1.165) is 22.5 Å². The van der Waals surface area contributed by atoms with Gasteiger partial charge in [0.2, 0.25) is 5.91 Å². The highest BCUT2D eigenvalue weighted by atomic mass is 32.1. The number of hydrogen-bond acceptors (Lipinski definition) is 5. The summed E-state index contributed by atoms with van der Waals surface area (Å²) in [5.74, 6) is -0.814. The highest BCUT2D eigenvalue weighted by Crippen LogP contribution is 2.23. The Hall–Kier alpha value is -2.67. The van der Waals surface area contributed by atoms with Crippen LogP contribution in [0.3, 0.4) is 0 Å². The van der Waals surface area contributed by atoms with Crippen molar-refractivity contribution in [3.8, 4) is 0 Å². The molecule has 2 amide bonds. The van der Waals surface area contributed by atoms with Crippen LogP contribution in [-0.2, 0) is 20.7 Å². The number of amides is 2. The van der Waals surface area contributed by atoms with Gasteiger partial charge in [-0.05, 0) is 49.9 Å². The van der Waals surface area contributed by atoms with Crippen molar-refractivity contribution < 1.29 is 19.1 Å². The number of benzene rings is 1. The third-order valence-corrected chi connectivity index (χ3v) is 6.49. The van der Waals surface area contributed by atoms with E-state index in [0.29, 0.717) is 30.8 Å². The van der Waals surface area contributed by atoms with Crippen LogP contribution in [0.25, 0.3) is 0 Å². The molecule has 1 aliphatic rings. The molecule has 2 heterocycles. The summed E-state index contributed by atoms with van der Waals surface area (Å²) in [6, 6.07) is 11.2. The van der Waals surface area contributed by atoms with Gasteiger partial charge in [-0.3, -0.25) is 9.59 Å². The SMILES string of the molecule is CCc1sc(C(=O)OCC(=O)N2CCC(C(=O)Nc3ccccc3)CC2)cc1C. The zero-order chi connectivity index (χ0) is 20.8. The number of nitrogens with one attached hydrogen (secondary N) is 1. The van der Waals surface area contributed by atoms with Gasteiger partial charge in [0.1, 0.15) is 4.88 Å². The number of thiophene rings is 1. The highest BCUT2D eigenvalue weighted by Gasteiger charge is 2.28. The molecule has 1 fully saturated rings. The van der Waals surface area contributed by atoms with Gasteiger partial charge < -0.3 is 15.0 Å². The van der Waals surface area contributed by atoms with Crippen molar-refractivity contribution in [2.75, 3.05) is 25.0 Å². The monoisotopic (exact) mass is 414 g/mol. The summed E-state index contributed by atoms with van der Waals surface area (Å²) in [5.41, 5.74) is 1.85. The summed E-state index contributed by atoms with van der Waals surface area (Å²) >= 11 is 1.42. The number of nitrogens with zero attached hydrogens (tertiary/aromatic N) is 1. The molecule has 0 spiro atoms. The fourth-order valence-electron chi connectivity index (χ4n) is 3.42. The van der Waals surface area contributed by atoms with Crippen molar-refractivity contribution in [2.45, 2.75) is 33.1 Å². The smallest absolute Gasteiger partial charge is 0.348 e. The number of rotatable bonds is 6. The lowest BCUT2D eigenvalue weighted by atomic mass is 9.95. The molecule has 0 bridgehead atoms. The molecule has 0 saturated carbocycles. The predicted octanol–water partition coefficient (Wildman–Crippen LogP) is 3.65. The van der Waals surface area contributed by atoms with Gasteiger partial charge in [-0.15, -0.1) is 11.3 Å². The van der Waals surface area contributed by atoms with Crippen LogP contribution in [-0.4, -0.2) is 42.4 Å². The van der Waals surface area contributed by atoms with E-state index >= 15 is 0 Å². The van der Waals surface area contributed by atoms with Crippen molar-refractivity contribution >= 4 is 34.8 Å². The van der Waals surface area contributed by atoms with Crippen LogP contribution in [0.5, 0.6) is 0 Å². The lowest BCUT2D eigenvalue weighted by Gasteiger charge is -2.31. The number of carbonyl (C=O) groups excluding carboxylic acids is 3. The number of aryl methyl sites for hydroxylation is 2. The van der Waals surface area contributed by atoms with Crippen molar-refractivity contribution in [3.05, 3.63) is 51.7 Å². The van der Waals surface area contributed by atoms with E-state index in [9.17, 15) is 14.4 Å². The minimum atomic E-state index is -0.455. The molecule has 1 aliphatic heterocycles. The van der Waals surface area contributed by atoms with Crippen LogP contribution < -0.4 is 5.32 Å². The molecule has 0 radical (unpaired) electrons. The first kappa shape index (κ1) is 21.0. The van der Waals surface area contributed by atoms with Gasteiger partial charge in [-0.25, -0.2) is 4.79 Å². The molecule has 1 aromatic carbocycles. The van der Waals surface area contributed by atoms with Crippen LogP contribution >= 0.6 is 11.3 Å². The van der Waals surface area contributed by atoms with Crippen LogP contribution in [0.2, 0.25) is 0 Å². The van der Waals surface area contributed by atoms with Crippen molar-refractivity contribution in [1.82, 2.24) is 4.90 Å². The average Bonchev–Trinajstić information content (AvgIpc) is 3.13. The lowest BCUT2D eigenvalue weighted by molar-refractivity contribution is -0.137. The predicted molar refractivity (Wildman–Crippen MR) is 113 cm³/mol. The quantitative estimate of drug-likeness (QED) is 0.732. The average molecular weight is 415 g/mol. The van der Waals surface area contributed by atoms with Gasteiger partial charge in [-0.1, -0.05) is 25.1 Å². The van der Waals surface area contributed by atoms with Crippen LogP contribution in [0, 0.1) is 12.8 Å². The molecule has 1 N–H and O–H groups in total. The maximum Gasteiger partial charge on any atom is 0.348 e. The second-order valence-electron chi connectivity index (χ2n) is 7.16. The maximum absolute atomic E-state index is 12.4. The van der Waals surface area contributed by atoms with Gasteiger partial charge in [0.25, 0.3) is 5.91 Å². The third-order valence-electron chi connectivity index (χ3n) is 5.13. The molecule has 3 rings (SSSR count). The summed E-state index contributed by atoms with van der Waals surface area (Å²) in [6.07, 6.45) is 2.07. The van der Waals surface area contributed by atoms with Gasteiger partial charge >= 0.3 is 5.97 Å². The molecular weight excluding hydrogens is 388 g/mol. The van der Waals surface area contributed by atoms with E-state index in [2.05, 4.69) is 5.32 Å². The number of hydrogen-bond donors (Lipinski definition) is 1. The summed E-state index contributed by atoms with van der Waals surface area (Å²) in [5, 5.41) is 2.91. The second-order valence-corrected chi connectivity index (χ2v) is 8.29. The van der Waals surface area contributed by atoms with Gasteiger partial charge in [0, 0.05) is 29.6 Å². The second kappa shape index (κ2) is 9.69. The fraction of sp³-hybridized carbons (Fsp3) is 0.409. The minimum absolute atomic E-state index is 0.0190. The molecular formula is C22H26N2O4S. The number of piperidine rings is 1. The first-order chi connectivity index (χ1) is 14.0. The molecule has 0 unspecified atom stereocenters. The minimum Gasteiger partial charge on any atom is -0.451 e. The molecule has 1 saturated heterocycles. The first-order valence-corrected chi connectivity index (χ1v) is 10.7. The van der Waals surface area contributed by atoms with Crippen molar-refractivity contribution in [3.63, 3.8) is 0 Å². The van der Waals surface area contributed by atoms with Crippen LogP contribution in [0.4, 0.5) is 5.69 Å². The Morgan fingerprint density at radius 2 is 1.86 bits per heavy atom. The Morgan fingerprint density at radius 3 is 2.48 bits per heavy atom. The zero-order valence-corrected chi connectivity index (χ0v) is 17.6. The zero-order valence-electron chi connectivity index (χ0n) is 16.8. The summed E-state index contributed by atoms with van der Waals surface area (Å²) in [6.45, 7) is 4.72. The van der Waals surface area contributed by atoms with Gasteiger partial charge in [0.05, 0.1) is 0 Å². The third kappa shape index (κ3) is 5.44. The molecule has 7 heteroatoms. The number of para-hydroxylation sites is 1. The molecule has 0 aliphatic carbocycles. The molecule has 154 valence electrons. The normalized spacial score (nSPS) is 14.5. The summed E-state index contributed by atoms with van der Waals surface area (Å²) in [4.78, 5) is 40.3. The number of carbonyl (C=O) groups is 3. The number of ether oxygens (including phenoxy) is 1. The number of likely N-dealkylation sites (tertiary alicyclic amines) is 1. The van der Waals surface area contributed by atoms with E-state index in [-0.39, 0.29) is 24.3 Å². The molecule has 1 aromatic heterocycles. The Bertz CT molecular complexity index is 870. The van der Waals surface area contributed by atoms with E-state index in [1.165, 1.54) is 11.3 Å². The van der Waals surface area contributed by atoms with Crippen LogP contribution in [0.15, 0.2) is 36.4 Å². The molecule has 6 nitrogen and oxygen atoms in total. The van der Waals surface area contributed by atoms with E-state index < -0.39 is 5.97 Å². The Balaban J connectivity index is 1.43. The standard InChI is InChI=1S/C22H26N2O4S/c1-3-18-15(2)13-19(29-18)22(27)28-14-20(25)24-11-9-16(10-12-24)21(26)23-17-7-5-4-6-8-17/h4-8,13,16H,3,9-12,14H2,1-2H3,(H,23,26). The maximum atomic E-state index is 12.4. The largest absolute Gasteiger partial charge is 0.451 e. The number of esters is 1. The molecule has 29 heavy (non-hydrogen) atoms. The van der Waals surface area contributed by atoms with Crippen molar-refractivity contribution in [2.24, 2.45) is 5.92 Å². The lowest BCUT2D eigenvalue weighted by Crippen LogP contribution is -2.43. The van der Waals surface area contributed by atoms with Gasteiger partial charge in [0.15, 0.2) is 6.61 Å². The Labute approximate surface area is 174 Å². The highest BCUT2D eigenvalue weighted by molar-refractivity contribution is 7.14. The van der Waals surface area contributed by atoms with Gasteiger partial charge in [-0.2, -0.15) is 0 Å². The molecule has 0 atom stereocenters. The Morgan fingerprint density at radius 1 is 1.17 bits per heavy atom. The summed E-state index contributed by atoms with van der Waals surface area (Å²) < 4.78 is 5.21. The van der Waals surface area contributed by atoms with E-state index in [1.54, 1.807) is 4.90 Å². The summed E-state index contributed by atoms with van der Waals surface area (Å²) in [7, 11) is 0. The van der Waals surface area contributed by atoms with Crippen LogP contribution in [0.1, 0.15) is 39.9 Å². The topological polar surface area (TPSA) is 75.7 Å². The number of anilines is 1.